The summed E-state index contributed by atoms with van der Waals surface area (Å²) >= 11 is 0. The molecule has 0 spiro atoms. The van der Waals surface area contributed by atoms with Gasteiger partial charge in [0.15, 0.2) is 5.82 Å². The van der Waals surface area contributed by atoms with E-state index in [0.717, 1.165) is 25.7 Å². The molecule has 35 heavy (non-hydrogen) atoms. The van der Waals surface area contributed by atoms with Crippen LogP contribution in [0.5, 0.6) is 0 Å². The SMILES string of the molecule is CC(=O)N[C@H]1CC[C@H](Nc2nc(N3CCOCC3)nc(-n3c(C(F)F)nc4ccccc43)n2)CC1. The average molecular weight is 487 g/mol. The van der Waals surface area contributed by atoms with Crippen molar-refractivity contribution in [2.24, 2.45) is 0 Å². The Hall–Kier alpha value is -3.41. The van der Waals surface area contributed by atoms with Crippen molar-refractivity contribution in [3.05, 3.63) is 30.1 Å². The summed E-state index contributed by atoms with van der Waals surface area (Å²) in [5.41, 5.74) is 0.950. The number of nitrogens with zero attached hydrogens (tertiary/aromatic N) is 6. The Morgan fingerprint density at radius 3 is 2.40 bits per heavy atom. The Labute approximate surface area is 201 Å². The van der Waals surface area contributed by atoms with E-state index in [1.165, 1.54) is 11.5 Å². The molecule has 5 rings (SSSR count). The van der Waals surface area contributed by atoms with Gasteiger partial charge in [0.25, 0.3) is 6.43 Å². The van der Waals surface area contributed by atoms with Gasteiger partial charge >= 0.3 is 0 Å². The number of para-hydroxylation sites is 2. The van der Waals surface area contributed by atoms with E-state index < -0.39 is 12.2 Å². The molecular formula is C23H28F2N8O2. The molecule has 2 aromatic heterocycles. The molecule has 1 aliphatic heterocycles. The molecule has 3 heterocycles. The number of rotatable bonds is 6. The molecule has 3 aromatic rings. The van der Waals surface area contributed by atoms with E-state index in [2.05, 4.69) is 30.6 Å². The zero-order valence-electron chi connectivity index (χ0n) is 19.5. The number of amides is 1. The molecule has 0 atom stereocenters. The molecule has 1 saturated heterocycles. The third kappa shape index (κ3) is 5.16. The maximum atomic E-state index is 14.0. The second-order valence-electron chi connectivity index (χ2n) is 8.85. The first kappa shape index (κ1) is 23.3. The fraction of sp³-hybridized carbons (Fsp3) is 0.522. The minimum absolute atomic E-state index is 0.0268. The first-order chi connectivity index (χ1) is 17.0. The zero-order valence-corrected chi connectivity index (χ0v) is 19.5. The van der Waals surface area contributed by atoms with Gasteiger partial charge in [-0.1, -0.05) is 12.1 Å². The predicted octanol–water partition coefficient (Wildman–Crippen LogP) is 2.84. The summed E-state index contributed by atoms with van der Waals surface area (Å²) in [5.74, 6) is 0.399. The molecule has 0 bridgehead atoms. The van der Waals surface area contributed by atoms with Crippen LogP contribution in [0.1, 0.15) is 44.9 Å². The second kappa shape index (κ2) is 10.1. The molecule has 2 fully saturated rings. The highest BCUT2D eigenvalue weighted by Crippen LogP contribution is 2.28. The number of halogens is 2. The van der Waals surface area contributed by atoms with Gasteiger partial charge in [0.05, 0.1) is 24.2 Å². The van der Waals surface area contributed by atoms with Crippen LogP contribution in [0.2, 0.25) is 0 Å². The van der Waals surface area contributed by atoms with Gasteiger partial charge in [-0.2, -0.15) is 15.0 Å². The number of carbonyl (C=O) groups is 1. The number of nitrogens with one attached hydrogen (secondary N) is 2. The number of aromatic nitrogens is 5. The van der Waals surface area contributed by atoms with Crippen molar-refractivity contribution in [3.63, 3.8) is 0 Å². The van der Waals surface area contributed by atoms with E-state index in [1.54, 1.807) is 24.3 Å². The van der Waals surface area contributed by atoms with Crippen molar-refractivity contribution in [2.45, 2.75) is 51.1 Å². The monoisotopic (exact) mass is 486 g/mol. The summed E-state index contributed by atoms with van der Waals surface area (Å²) in [4.78, 5) is 31.2. The van der Waals surface area contributed by atoms with Gasteiger partial charge in [-0.15, -0.1) is 0 Å². The van der Waals surface area contributed by atoms with Crippen LogP contribution in [0.25, 0.3) is 17.0 Å². The van der Waals surface area contributed by atoms with Gasteiger partial charge in [-0.25, -0.2) is 13.8 Å². The maximum absolute atomic E-state index is 14.0. The molecule has 0 unspecified atom stereocenters. The Balaban J connectivity index is 1.49. The number of hydrogen-bond donors (Lipinski definition) is 2. The summed E-state index contributed by atoms with van der Waals surface area (Å²) in [6.45, 7) is 3.78. The lowest BCUT2D eigenvalue weighted by atomic mass is 9.91. The Morgan fingerprint density at radius 2 is 1.69 bits per heavy atom. The minimum atomic E-state index is -2.80. The molecule has 1 amide bonds. The van der Waals surface area contributed by atoms with Gasteiger partial charge < -0.3 is 20.3 Å². The molecule has 0 radical (unpaired) electrons. The number of fused-ring (bicyclic) bond motifs is 1. The number of imidazole rings is 1. The number of benzene rings is 1. The maximum Gasteiger partial charge on any atom is 0.296 e. The first-order valence-corrected chi connectivity index (χ1v) is 11.9. The molecular weight excluding hydrogens is 458 g/mol. The third-order valence-electron chi connectivity index (χ3n) is 6.36. The number of ether oxygens (including phenoxy) is 1. The van der Waals surface area contributed by atoms with E-state index in [4.69, 9.17) is 4.74 Å². The fourth-order valence-corrected chi connectivity index (χ4v) is 4.68. The van der Waals surface area contributed by atoms with E-state index >= 15 is 0 Å². The standard InChI is InChI=1S/C23H28F2N8O2/c1-14(34)26-15-6-8-16(9-7-15)27-21-29-22(32-10-12-35-13-11-32)31-23(30-21)33-18-5-3-2-4-17(18)28-20(33)19(24)25/h2-5,15-16,19H,6-13H2,1H3,(H,26,34)(H,27,29,30,31)/t15-,16-. The second-order valence-corrected chi connectivity index (χ2v) is 8.85. The minimum Gasteiger partial charge on any atom is -0.378 e. The topological polar surface area (TPSA) is 110 Å². The van der Waals surface area contributed by atoms with Gasteiger partial charge in [-0.3, -0.25) is 9.36 Å². The Morgan fingerprint density at radius 1 is 1.00 bits per heavy atom. The van der Waals surface area contributed by atoms with Gasteiger partial charge in [0.1, 0.15) is 0 Å². The lowest BCUT2D eigenvalue weighted by Crippen LogP contribution is -2.39. The molecule has 186 valence electrons. The molecule has 1 aromatic carbocycles. The number of hydrogen-bond acceptors (Lipinski definition) is 8. The number of carbonyl (C=O) groups excluding carboxylic acids is 1. The Kier molecular flexibility index (Phi) is 6.71. The summed E-state index contributed by atoms with van der Waals surface area (Å²) in [7, 11) is 0. The van der Waals surface area contributed by atoms with E-state index in [-0.39, 0.29) is 23.9 Å². The van der Waals surface area contributed by atoms with Crippen molar-refractivity contribution in [1.82, 2.24) is 29.8 Å². The highest BCUT2D eigenvalue weighted by molar-refractivity contribution is 5.77. The molecule has 1 saturated carbocycles. The molecule has 10 nitrogen and oxygen atoms in total. The summed E-state index contributed by atoms with van der Waals surface area (Å²) in [6.07, 6.45) is 0.538. The molecule has 12 heteroatoms. The summed E-state index contributed by atoms with van der Waals surface area (Å²) in [6, 6.07) is 7.20. The lowest BCUT2D eigenvalue weighted by Gasteiger charge is -2.30. The van der Waals surface area contributed by atoms with Crippen LogP contribution in [-0.2, 0) is 9.53 Å². The van der Waals surface area contributed by atoms with Crippen molar-refractivity contribution >= 4 is 28.8 Å². The average Bonchev–Trinajstić information content (AvgIpc) is 3.25. The van der Waals surface area contributed by atoms with Crippen LogP contribution in [0.4, 0.5) is 20.7 Å². The van der Waals surface area contributed by atoms with Crippen molar-refractivity contribution in [2.75, 3.05) is 36.5 Å². The van der Waals surface area contributed by atoms with E-state index in [0.29, 0.717) is 49.2 Å². The number of alkyl halides is 2. The van der Waals surface area contributed by atoms with Crippen LogP contribution in [0.15, 0.2) is 24.3 Å². The largest absolute Gasteiger partial charge is 0.378 e. The number of anilines is 2. The zero-order chi connectivity index (χ0) is 24.4. The fourth-order valence-electron chi connectivity index (χ4n) is 4.68. The Bertz CT molecular complexity index is 1190. The van der Waals surface area contributed by atoms with Crippen LogP contribution in [-0.4, -0.2) is 68.8 Å². The van der Waals surface area contributed by atoms with Gasteiger partial charge in [0.2, 0.25) is 23.8 Å². The highest BCUT2D eigenvalue weighted by Gasteiger charge is 2.26. The van der Waals surface area contributed by atoms with Crippen LogP contribution < -0.4 is 15.5 Å². The predicted molar refractivity (Wildman–Crippen MR) is 126 cm³/mol. The van der Waals surface area contributed by atoms with Crippen LogP contribution in [0, 0.1) is 0 Å². The van der Waals surface area contributed by atoms with Crippen molar-refractivity contribution < 1.29 is 18.3 Å². The smallest absolute Gasteiger partial charge is 0.296 e. The number of morpholine rings is 1. The highest BCUT2D eigenvalue weighted by atomic mass is 19.3. The molecule has 1 aliphatic carbocycles. The van der Waals surface area contributed by atoms with Crippen LogP contribution >= 0.6 is 0 Å². The first-order valence-electron chi connectivity index (χ1n) is 11.9. The van der Waals surface area contributed by atoms with E-state index in [9.17, 15) is 13.6 Å². The van der Waals surface area contributed by atoms with Crippen molar-refractivity contribution in [1.29, 1.82) is 0 Å². The van der Waals surface area contributed by atoms with Gasteiger partial charge in [-0.05, 0) is 37.8 Å². The normalized spacial score (nSPS) is 20.9. The van der Waals surface area contributed by atoms with Crippen LogP contribution in [0.3, 0.4) is 0 Å². The molecule has 2 N–H and O–H groups in total. The quantitative estimate of drug-likeness (QED) is 0.547. The summed E-state index contributed by atoms with van der Waals surface area (Å²) in [5, 5.41) is 6.35. The van der Waals surface area contributed by atoms with E-state index in [1.807, 2.05) is 4.90 Å². The molecule has 2 aliphatic rings. The summed E-state index contributed by atoms with van der Waals surface area (Å²) < 4.78 is 34.7. The van der Waals surface area contributed by atoms with Crippen molar-refractivity contribution in [3.8, 4) is 5.95 Å². The third-order valence-corrected chi connectivity index (χ3v) is 6.36. The lowest BCUT2D eigenvalue weighted by molar-refractivity contribution is -0.119. The van der Waals surface area contributed by atoms with Gasteiger partial charge in [0, 0.05) is 32.1 Å².